The zero-order valence-corrected chi connectivity index (χ0v) is 12.1. The molecule has 2 heterocycles. The number of fused-ring (bicyclic) bond motifs is 1. The van der Waals surface area contributed by atoms with Gasteiger partial charge < -0.3 is 9.47 Å². The molecule has 1 unspecified atom stereocenters. The Bertz CT molecular complexity index is 557. The highest BCUT2D eigenvalue weighted by Crippen LogP contribution is 2.45. The molecule has 0 spiro atoms. The standard InChI is InChI=1S/C16H18O2S/c1-3-11(2)12-4-6-13(7-5-12)16-15-14(10-19-16)17-8-9-18-15/h4-7,10-11H,3,8-9H2,1-2H3. The molecule has 1 aliphatic rings. The molecule has 0 amide bonds. The second-order valence-corrected chi connectivity index (χ2v) is 5.77. The van der Waals surface area contributed by atoms with E-state index in [4.69, 9.17) is 9.47 Å². The lowest BCUT2D eigenvalue weighted by Crippen LogP contribution is -2.14. The van der Waals surface area contributed by atoms with Crippen molar-refractivity contribution in [1.82, 2.24) is 0 Å². The van der Waals surface area contributed by atoms with Crippen molar-refractivity contribution in [3.8, 4) is 21.9 Å². The zero-order chi connectivity index (χ0) is 13.2. The Hall–Kier alpha value is -1.48. The third-order valence-electron chi connectivity index (χ3n) is 3.66. The van der Waals surface area contributed by atoms with E-state index in [9.17, 15) is 0 Å². The molecule has 1 aromatic heterocycles. The fourth-order valence-corrected chi connectivity index (χ4v) is 3.20. The summed E-state index contributed by atoms with van der Waals surface area (Å²) in [7, 11) is 0. The fourth-order valence-electron chi connectivity index (χ4n) is 2.26. The highest BCUT2D eigenvalue weighted by atomic mass is 32.1. The molecule has 2 nitrogen and oxygen atoms in total. The zero-order valence-electron chi connectivity index (χ0n) is 11.3. The van der Waals surface area contributed by atoms with Crippen molar-refractivity contribution in [3.05, 3.63) is 35.2 Å². The van der Waals surface area contributed by atoms with Crippen LogP contribution < -0.4 is 9.47 Å². The first-order valence-electron chi connectivity index (χ1n) is 6.77. The summed E-state index contributed by atoms with van der Waals surface area (Å²) >= 11 is 1.69. The van der Waals surface area contributed by atoms with E-state index in [2.05, 4.69) is 38.1 Å². The van der Waals surface area contributed by atoms with Gasteiger partial charge in [-0.25, -0.2) is 0 Å². The van der Waals surface area contributed by atoms with Crippen molar-refractivity contribution in [2.24, 2.45) is 0 Å². The van der Waals surface area contributed by atoms with Crippen LogP contribution in [0, 0.1) is 0 Å². The lowest BCUT2D eigenvalue weighted by Gasteiger charge is -2.16. The molecular weight excluding hydrogens is 256 g/mol. The molecule has 0 bridgehead atoms. The molecule has 0 aliphatic carbocycles. The first-order chi connectivity index (χ1) is 9.29. The third-order valence-corrected chi connectivity index (χ3v) is 4.64. The van der Waals surface area contributed by atoms with Crippen molar-refractivity contribution in [2.45, 2.75) is 26.2 Å². The number of thiophene rings is 1. The molecule has 0 N–H and O–H groups in total. The van der Waals surface area contributed by atoms with Crippen LogP contribution in [0.25, 0.3) is 10.4 Å². The molecular formula is C16H18O2S. The Morgan fingerprint density at radius 1 is 1.16 bits per heavy atom. The average Bonchev–Trinajstić information content (AvgIpc) is 2.90. The van der Waals surface area contributed by atoms with Gasteiger partial charge in [0, 0.05) is 5.38 Å². The van der Waals surface area contributed by atoms with Crippen molar-refractivity contribution < 1.29 is 9.47 Å². The summed E-state index contributed by atoms with van der Waals surface area (Å²) in [6, 6.07) is 8.82. The van der Waals surface area contributed by atoms with Gasteiger partial charge >= 0.3 is 0 Å². The summed E-state index contributed by atoms with van der Waals surface area (Å²) in [5.41, 5.74) is 2.61. The van der Waals surface area contributed by atoms with E-state index in [-0.39, 0.29) is 0 Å². The number of hydrogen-bond acceptors (Lipinski definition) is 3. The van der Waals surface area contributed by atoms with Crippen molar-refractivity contribution in [3.63, 3.8) is 0 Å². The van der Waals surface area contributed by atoms with E-state index < -0.39 is 0 Å². The van der Waals surface area contributed by atoms with Crippen LogP contribution in [-0.4, -0.2) is 13.2 Å². The van der Waals surface area contributed by atoms with E-state index in [1.807, 2.05) is 5.38 Å². The second-order valence-electron chi connectivity index (χ2n) is 4.89. The van der Waals surface area contributed by atoms with E-state index in [1.165, 1.54) is 22.4 Å². The average molecular weight is 274 g/mol. The predicted octanol–water partition coefficient (Wildman–Crippen LogP) is 4.70. The summed E-state index contributed by atoms with van der Waals surface area (Å²) in [4.78, 5) is 1.17. The second kappa shape index (κ2) is 5.25. The number of benzene rings is 1. The molecule has 1 aliphatic heterocycles. The first-order valence-corrected chi connectivity index (χ1v) is 7.65. The van der Waals surface area contributed by atoms with Gasteiger partial charge in [-0.1, -0.05) is 38.1 Å². The minimum Gasteiger partial charge on any atom is -0.485 e. The van der Waals surface area contributed by atoms with Crippen LogP contribution >= 0.6 is 11.3 Å². The van der Waals surface area contributed by atoms with Gasteiger partial charge in [0.25, 0.3) is 0 Å². The van der Waals surface area contributed by atoms with Crippen LogP contribution in [0.4, 0.5) is 0 Å². The lowest BCUT2D eigenvalue weighted by atomic mass is 9.97. The molecule has 0 saturated heterocycles. The molecule has 19 heavy (non-hydrogen) atoms. The highest BCUT2D eigenvalue weighted by Gasteiger charge is 2.19. The highest BCUT2D eigenvalue weighted by molar-refractivity contribution is 7.14. The van der Waals surface area contributed by atoms with Crippen molar-refractivity contribution in [2.75, 3.05) is 13.2 Å². The molecule has 0 fully saturated rings. The van der Waals surface area contributed by atoms with Gasteiger partial charge in [-0.05, 0) is 23.5 Å². The quantitative estimate of drug-likeness (QED) is 0.807. The van der Waals surface area contributed by atoms with E-state index >= 15 is 0 Å². The smallest absolute Gasteiger partial charge is 0.179 e. The number of hydrogen-bond donors (Lipinski definition) is 0. The Kier molecular flexibility index (Phi) is 3.47. The Morgan fingerprint density at radius 2 is 1.89 bits per heavy atom. The molecule has 100 valence electrons. The van der Waals surface area contributed by atoms with Gasteiger partial charge in [0.15, 0.2) is 11.5 Å². The van der Waals surface area contributed by atoms with Gasteiger partial charge in [-0.15, -0.1) is 11.3 Å². The molecule has 2 aromatic rings. The van der Waals surface area contributed by atoms with Gasteiger partial charge in [-0.2, -0.15) is 0 Å². The Labute approximate surface area is 118 Å². The van der Waals surface area contributed by atoms with Crippen LogP contribution in [0.15, 0.2) is 29.6 Å². The van der Waals surface area contributed by atoms with Crippen LogP contribution in [-0.2, 0) is 0 Å². The Morgan fingerprint density at radius 3 is 2.63 bits per heavy atom. The minimum absolute atomic E-state index is 0.617. The first kappa shape index (κ1) is 12.5. The van der Waals surface area contributed by atoms with Gasteiger partial charge in [0.05, 0.1) is 4.88 Å². The normalized spacial score (nSPS) is 15.3. The van der Waals surface area contributed by atoms with Crippen molar-refractivity contribution >= 4 is 11.3 Å². The lowest BCUT2D eigenvalue weighted by molar-refractivity contribution is 0.174. The fraction of sp³-hybridized carbons (Fsp3) is 0.375. The summed E-state index contributed by atoms with van der Waals surface area (Å²) in [6.45, 7) is 5.77. The monoisotopic (exact) mass is 274 g/mol. The maximum Gasteiger partial charge on any atom is 0.179 e. The Balaban J connectivity index is 1.92. The summed E-state index contributed by atoms with van der Waals surface area (Å²) in [5.74, 6) is 2.41. The summed E-state index contributed by atoms with van der Waals surface area (Å²) < 4.78 is 11.3. The van der Waals surface area contributed by atoms with E-state index in [0.29, 0.717) is 19.1 Å². The molecule has 1 atom stereocenters. The van der Waals surface area contributed by atoms with Crippen LogP contribution in [0.2, 0.25) is 0 Å². The minimum atomic E-state index is 0.617. The summed E-state index contributed by atoms with van der Waals surface area (Å²) in [5, 5.41) is 2.03. The van der Waals surface area contributed by atoms with Gasteiger partial charge in [0.1, 0.15) is 13.2 Å². The maximum absolute atomic E-state index is 5.73. The van der Waals surface area contributed by atoms with Crippen LogP contribution in [0.1, 0.15) is 31.7 Å². The van der Waals surface area contributed by atoms with Gasteiger partial charge in [0.2, 0.25) is 0 Å². The molecule has 3 heteroatoms. The van der Waals surface area contributed by atoms with Crippen LogP contribution in [0.3, 0.4) is 0 Å². The third kappa shape index (κ3) is 2.35. The number of rotatable bonds is 3. The van der Waals surface area contributed by atoms with E-state index in [0.717, 1.165) is 11.5 Å². The largest absolute Gasteiger partial charge is 0.485 e. The van der Waals surface area contributed by atoms with Gasteiger partial charge in [-0.3, -0.25) is 0 Å². The molecule has 1 aromatic carbocycles. The molecule has 3 rings (SSSR count). The van der Waals surface area contributed by atoms with E-state index in [1.54, 1.807) is 11.3 Å². The SMILES string of the molecule is CCC(C)c1ccc(-c2scc3c2OCCO3)cc1. The molecule has 0 saturated carbocycles. The summed E-state index contributed by atoms with van der Waals surface area (Å²) in [6.07, 6.45) is 1.17. The number of ether oxygens (including phenoxy) is 2. The maximum atomic E-state index is 5.73. The topological polar surface area (TPSA) is 18.5 Å². The van der Waals surface area contributed by atoms with Crippen LogP contribution in [0.5, 0.6) is 11.5 Å². The predicted molar refractivity (Wildman–Crippen MR) is 79.5 cm³/mol. The molecule has 0 radical (unpaired) electrons. The van der Waals surface area contributed by atoms with Crippen molar-refractivity contribution in [1.29, 1.82) is 0 Å².